The molecule has 0 aromatic rings. The molecule has 0 aromatic heterocycles. The minimum absolute atomic E-state index is 0.390. The first-order valence-electron chi connectivity index (χ1n) is 7.10. The number of ether oxygens (including phenoxy) is 1. The van der Waals surface area contributed by atoms with Gasteiger partial charge in [-0.15, -0.1) is 0 Å². The van der Waals surface area contributed by atoms with Crippen LogP contribution in [-0.2, 0) is 4.74 Å². The Balaban J connectivity index is 1.69. The third kappa shape index (κ3) is 1.84. The predicted molar refractivity (Wildman–Crippen MR) is 61.9 cm³/mol. The van der Waals surface area contributed by atoms with E-state index in [0.717, 1.165) is 5.92 Å². The lowest BCUT2D eigenvalue weighted by Crippen LogP contribution is -2.26. The number of rotatable bonds is 1. The van der Waals surface area contributed by atoms with Gasteiger partial charge in [-0.2, -0.15) is 0 Å². The largest absolute Gasteiger partial charge is 0.366 e. The highest BCUT2D eigenvalue weighted by atomic mass is 16.6. The highest BCUT2D eigenvalue weighted by Crippen LogP contribution is 2.54. The standard InChI is InChI=1S/C14H24O/c1-2-5-9-12(8-4-1)14-11-7-3-6-10-13(14)15-14/h12-13H,1-11H2. The second kappa shape index (κ2) is 4.08. The van der Waals surface area contributed by atoms with Crippen LogP contribution < -0.4 is 0 Å². The molecule has 1 heterocycles. The Morgan fingerprint density at radius 1 is 0.733 bits per heavy atom. The monoisotopic (exact) mass is 208 g/mol. The Hall–Kier alpha value is -0.0400. The Morgan fingerprint density at radius 3 is 2.20 bits per heavy atom. The van der Waals surface area contributed by atoms with Crippen molar-refractivity contribution >= 4 is 0 Å². The molecule has 2 atom stereocenters. The molecule has 0 aromatic carbocycles. The molecule has 86 valence electrons. The van der Waals surface area contributed by atoms with Gasteiger partial charge < -0.3 is 4.74 Å². The SMILES string of the molecule is C1CCCC(C23CCCCCC2O3)CC1. The van der Waals surface area contributed by atoms with Crippen LogP contribution in [0.3, 0.4) is 0 Å². The average Bonchev–Trinajstić information content (AvgIpc) is 2.98. The van der Waals surface area contributed by atoms with Crippen molar-refractivity contribution < 1.29 is 4.74 Å². The van der Waals surface area contributed by atoms with E-state index >= 15 is 0 Å². The summed E-state index contributed by atoms with van der Waals surface area (Å²) in [6, 6.07) is 0. The van der Waals surface area contributed by atoms with Crippen molar-refractivity contribution in [2.45, 2.75) is 82.3 Å². The van der Waals surface area contributed by atoms with Crippen LogP contribution in [0.1, 0.15) is 70.6 Å². The van der Waals surface area contributed by atoms with Crippen LogP contribution in [0.2, 0.25) is 0 Å². The molecule has 1 heteroatoms. The maximum Gasteiger partial charge on any atom is 0.0976 e. The molecule has 3 aliphatic rings. The molecule has 1 aliphatic heterocycles. The summed E-state index contributed by atoms with van der Waals surface area (Å²) in [5.74, 6) is 0.920. The summed E-state index contributed by atoms with van der Waals surface area (Å²) in [4.78, 5) is 0. The lowest BCUT2D eigenvalue weighted by atomic mass is 9.81. The fraction of sp³-hybridized carbons (Fsp3) is 1.00. The van der Waals surface area contributed by atoms with E-state index in [2.05, 4.69) is 0 Å². The first-order chi connectivity index (χ1) is 7.42. The van der Waals surface area contributed by atoms with Crippen molar-refractivity contribution in [3.05, 3.63) is 0 Å². The van der Waals surface area contributed by atoms with E-state index < -0.39 is 0 Å². The topological polar surface area (TPSA) is 12.5 Å². The molecule has 0 spiro atoms. The van der Waals surface area contributed by atoms with E-state index in [4.69, 9.17) is 4.74 Å². The summed E-state index contributed by atoms with van der Waals surface area (Å²) in [6.45, 7) is 0. The van der Waals surface area contributed by atoms with Crippen LogP contribution >= 0.6 is 0 Å². The number of fused-ring (bicyclic) bond motifs is 1. The molecule has 15 heavy (non-hydrogen) atoms. The van der Waals surface area contributed by atoms with Crippen molar-refractivity contribution in [3.8, 4) is 0 Å². The van der Waals surface area contributed by atoms with Crippen molar-refractivity contribution in [1.82, 2.24) is 0 Å². The fourth-order valence-corrected chi connectivity index (χ4v) is 3.99. The summed E-state index contributed by atoms with van der Waals surface area (Å²) < 4.78 is 6.14. The molecule has 1 saturated heterocycles. The summed E-state index contributed by atoms with van der Waals surface area (Å²) >= 11 is 0. The van der Waals surface area contributed by atoms with Gasteiger partial charge in [-0.25, -0.2) is 0 Å². The summed E-state index contributed by atoms with van der Waals surface area (Å²) in [5, 5.41) is 0. The Labute approximate surface area is 93.6 Å². The third-order valence-corrected chi connectivity index (χ3v) is 4.93. The van der Waals surface area contributed by atoms with Gasteiger partial charge in [-0.3, -0.25) is 0 Å². The van der Waals surface area contributed by atoms with Crippen molar-refractivity contribution in [2.24, 2.45) is 5.92 Å². The van der Waals surface area contributed by atoms with Gasteiger partial charge in [0.15, 0.2) is 0 Å². The van der Waals surface area contributed by atoms with E-state index in [-0.39, 0.29) is 0 Å². The van der Waals surface area contributed by atoms with Gasteiger partial charge in [0.2, 0.25) is 0 Å². The van der Waals surface area contributed by atoms with Crippen LogP contribution in [-0.4, -0.2) is 11.7 Å². The van der Waals surface area contributed by atoms with Gasteiger partial charge in [0.1, 0.15) is 0 Å². The third-order valence-electron chi connectivity index (χ3n) is 4.93. The molecule has 0 N–H and O–H groups in total. The zero-order valence-corrected chi connectivity index (χ0v) is 9.84. The molecule has 0 radical (unpaired) electrons. The zero-order chi connectivity index (χ0) is 10.1. The molecular weight excluding hydrogens is 184 g/mol. The van der Waals surface area contributed by atoms with Gasteiger partial charge in [0, 0.05) is 0 Å². The number of hydrogen-bond donors (Lipinski definition) is 0. The van der Waals surface area contributed by atoms with Crippen LogP contribution in [0.15, 0.2) is 0 Å². The van der Waals surface area contributed by atoms with Gasteiger partial charge in [-0.1, -0.05) is 44.9 Å². The first kappa shape index (κ1) is 10.1. The lowest BCUT2D eigenvalue weighted by Gasteiger charge is -2.22. The maximum absolute atomic E-state index is 6.14. The highest BCUT2D eigenvalue weighted by Gasteiger charge is 2.59. The zero-order valence-electron chi connectivity index (χ0n) is 9.84. The van der Waals surface area contributed by atoms with Gasteiger partial charge in [-0.05, 0) is 31.6 Å². The van der Waals surface area contributed by atoms with Crippen LogP contribution in [0.5, 0.6) is 0 Å². The molecule has 2 saturated carbocycles. The van der Waals surface area contributed by atoms with Gasteiger partial charge >= 0.3 is 0 Å². The quantitative estimate of drug-likeness (QED) is 0.467. The summed E-state index contributed by atoms with van der Waals surface area (Å²) in [5.41, 5.74) is 0.390. The Kier molecular flexibility index (Phi) is 2.76. The molecule has 2 unspecified atom stereocenters. The number of epoxide rings is 1. The second-order valence-electron chi connectivity index (χ2n) is 5.85. The summed E-state index contributed by atoms with van der Waals surface area (Å²) in [7, 11) is 0. The molecule has 0 amide bonds. The Bertz CT molecular complexity index is 217. The molecular formula is C14H24O. The van der Waals surface area contributed by atoms with E-state index in [0.29, 0.717) is 11.7 Å². The highest BCUT2D eigenvalue weighted by molar-refractivity contribution is 5.08. The van der Waals surface area contributed by atoms with Crippen LogP contribution in [0.25, 0.3) is 0 Å². The van der Waals surface area contributed by atoms with Crippen molar-refractivity contribution in [2.75, 3.05) is 0 Å². The second-order valence-corrected chi connectivity index (χ2v) is 5.85. The molecule has 3 rings (SSSR count). The normalized spacial score (nSPS) is 42.8. The van der Waals surface area contributed by atoms with E-state index in [1.165, 1.54) is 70.6 Å². The minimum Gasteiger partial charge on any atom is -0.366 e. The average molecular weight is 208 g/mol. The van der Waals surface area contributed by atoms with Crippen molar-refractivity contribution in [3.63, 3.8) is 0 Å². The molecule has 3 fully saturated rings. The first-order valence-corrected chi connectivity index (χ1v) is 7.10. The Morgan fingerprint density at radius 2 is 1.40 bits per heavy atom. The van der Waals surface area contributed by atoms with Crippen LogP contribution in [0, 0.1) is 5.92 Å². The van der Waals surface area contributed by atoms with E-state index in [1.807, 2.05) is 0 Å². The maximum atomic E-state index is 6.14. The van der Waals surface area contributed by atoms with Gasteiger partial charge in [0.25, 0.3) is 0 Å². The fourth-order valence-electron chi connectivity index (χ4n) is 3.99. The lowest BCUT2D eigenvalue weighted by molar-refractivity contribution is 0.179. The van der Waals surface area contributed by atoms with Gasteiger partial charge in [0.05, 0.1) is 11.7 Å². The van der Waals surface area contributed by atoms with E-state index in [1.54, 1.807) is 0 Å². The predicted octanol–water partition coefficient (Wildman–Crippen LogP) is 4.06. The molecule has 0 bridgehead atoms. The van der Waals surface area contributed by atoms with Crippen molar-refractivity contribution in [1.29, 1.82) is 0 Å². The van der Waals surface area contributed by atoms with Crippen LogP contribution in [0.4, 0.5) is 0 Å². The molecule has 2 aliphatic carbocycles. The number of hydrogen-bond acceptors (Lipinski definition) is 1. The minimum atomic E-state index is 0.390. The van der Waals surface area contributed by atoms with E-state index in [9.17, 15) is 0 Å². The summed E-state index contributed by atoms with van der Waals surface area (Å²) in [6.07, 6.45) is 16.5. The smallest absolute Gasteiger partial charge is 0.0976 e. The molecule has 1 nitrogen and oxygen atoms in total.